The van der Waals surface area contributed by atoms with Gasteiger partial charge in [-0.2, -0.15) is 0 Å². The summed E-state index contributed by atoms with van der Waals surface area (Å²) in [6.07, 6.45) is 2.80. The molecule has 0 N–H and O–H groups in total. The van der Waals surface area contributed by atoms with Crippen LogP contribution < -0.4 is 0 Å². The van der Waals surface area contributed by atoms with Crippen molar-refractivity contribution in [3.8, 4) is 0 Å². The molecule has 1 saturated heterocycles. The standard InChI is InChI=1S/C22H23FN2O/c1-25(14-18-5-2-4-17-6-3-12-24-21(17)18)15-22(11-13-26-16-22)19-7-9-20(23)10-8-19/h2-10,12H,11,13-16H2,1H3. The number of pyridine rings is 1. The van der Waals surface area contributed by atoms with Gasteiger partial charge in [0.1, 0.15) is 5.82 Å². The lowest BCUT2D eigenvalue weighted by Crippen LogP contribution is -2.39. The van der Waals surface area contributed by atoms with E-state index in [2.05, 4.69) is 41.2 Å². The number of hydrogen-bond acceptors (Lipinski definition) is 3. The summed E-state index contributed by atoms with van der Waals surface area (Å²) in [7, 11) is 2.13. The van der Waals surface area contributed by atoms with Gasteiger partial charge >= 0.3 is 0 Å². The van der Waals surface area contributed by atoms with Crippen LogP contribution in [-0.4, -0.2) is 36.7 Å². The first-order chi connectivity index (χ1) is 12.7. The van der Waals surface area contributed by atoms with Gasteiger partial charge in [0.25, 0.3) is 0 Å². The third kappa shape index (κ3) is 3.35. The third-order valence-electron chi connectivity index (χ3n) is 5.29. The van der Waals surface area contributed by atoms with Gasteiger partial charge in [0.2, 0.25) is 0 Å². The predicted molar refractivity (Wildman–Crippen MR) is 102 cm³/mol. The van der Waals surface area contributed by atoms with Gasteiger partial charge < -0.3 is 9.64 Å². The van der Waals surface area contributed by atoms with Gasteiger partial charge in [0.05, 0.1) is 12.1 Å². The number of benzene rings is 2. The van der Waals surface area contributed by atoms with Crippen LogP contribution in [0.3, 0.4) is 0 Å². The van der Waals surface area contributed by atoms with Crippen LogP contribution in [0.2, 0.25) is 0 Å². The Morgan fingerprint density at radius 2 is 1.92 bits per heavy atom. The number of aromatic nitrogens is 1. The zero-order chi connectivity index (χ0) is 18.0. The number of halogens is 1. The highest BCUT2D eigenvalue weighted by Crippen LogP contribution is 2.34. The average Bonchev–Trinajstić information content (AvgIpc) is 3.12. The Hall–Kier alpha value is -2.30. The van der Waals surface area contributed by atoms with Crippen molar-refractivity contribution in [2.75, 3.05) is 26.8 Å². The Balaban J connectivity index is 1.57. The number of hydrogen-bond donors (Lipinski definition) is 0. The summed E-state index contributed by atoms with van der Waals surface area (Å²) in [5.74, 6) is -0.196. The van der Waals surface area contributed by atoms with E-state index >= 15 is 0 Å². The number of fused-ring (bicyclic) bond motifs is 1. The van der Waals surface area contributed by atoms with Crippen LogP contribution in [0.25, 0.3) is 10.9 Å². The largest absolute Gasteiger partial charge is 0.380 e. The second-order valence-corrected chi connectivity index (χ2v) is 7.25. The summed E-state index contributed by atoms with van der Waals surface area (Å²) in [5.41, 5.74) is 3.35. The van der Waals surface area contributed by atoms with Crippen molar-refractivity contribution in [2.24, 2.45) is 0 Å². The Morgan fingerprint density at radius 3 is 2.69 bits per heavy atom. The first kappa shape index (κ1) is 17.1. The summed E-state index contributed by atoms with van der Waals surface area (Å²) in [6, 6.07) is 17.3. The Bertz CT molecular complexity index is 883. The molecule has 1 atom stereocenters. The highest BCUT2D eigenvalue weighted by molar-refractivity contribution is 5.81. The second-order valence-electron chi connectivity index (χ2n) is 7.25. The molecule has 26 heavy (non-hydrogen) atoms. The number of nitrogens with zero attached hydrogens (tertiary/aromatic N) is 2. The summed E-state index contributed by atoms with van der Waals surface area (Å²) < 4.78 is 19.1. The number of likely N-dealkylation sites (N-methyl/N-ethyl adjacent to an activating group) is 1. The SMILES string of the molecule is CN(Cc1cccc2cccnc12)CC1(c2ccc(F)cc2)CCOC1. The molecule has 3 aromatic rings. The molecule has 0 aliphatic carbocycles. The van der Waals surface area contributed by atoms with E-state index in [9.17, 15) is 4.39 Å². The molecule has 1 aliphatic rings. The molecule has 1 aromatic heterocycles. The molecule has 0 radical (unpaired) electrons. The van der Waals surface area contributed by atoms with Crippen molar-refractivity contribution < 1.29 is 9.13 Å². The molecule has 1 fully saturated rings. The zero-order valence-corrected chi connectivity index (χ0v) is 15.0. The highest BCUT2D eigenvalue weighted by atomic mass is 19.1. The lowest BCUT2D eigenvalue weighted by Gasteiger charge is -2.33. The molecule has 1 aliphatic heterocycles. The van der Waals surface area contributed by atoms with E-state index in [0.717, 1.165) is 42.6 Å². The molecule has 0 bridgehead atoms. The highest BCUT2D eigenvalue weighted by Gasteiger charge is 2.37. The van der Waals surface area contributed by atoms with Crippen molar-refractivity contribution in [3.05, 3.63) is 77.7 Å². The van der Waals surface area contributed by atoms with E-state index in [1.54, 1.807) is 12.1 Å². The van der Waals surface area contributed by atoms with E-state index in [0.29, 0.717) is 6.61 Å². The van der Waals surface area contributed by atoms with Gasteiger partial charge in [0, 0.05) is 36.7 Å². The minimum absolute atomic E-state index is 0.0829. The van der Waals surface area contributed by atoms with E-state index in [1.165, 1.54) is 5.56 Å². The normalized spacial score (nSPS) is 20.1. The van der Waals surface area contributed by atoms with Crippen molar-refractivity contribution in [3.63, 3.8) is 0 Å². The summed E-state index contributed by atoms with van der Waals surface area (Å²) >= 11 is 0. The van der Waals surface area contributed by atoms with Crippen molar-refractivity contribution in [2.45, 2.75) is 18.4 Å². The maximum Gasteiger partial charge on any atom is 0.123 e. The van der Waals surface area contributed by atoms with Crippen LogP contribution in [0, 0.1) is 5.82 Å². The zero-order valence-electron chi connectivity index (χ0n) is 15.0. The molecule has 0 amide bonds. The molecule has 134 valence electrons. The van der Waals surface area contributed by atoms with Crippen LogP contribution in [0.4, 0.5) is 4.39 Å². The fourth-order valence-corrected chi connectivity index (χ4v) is 4.01. The van der Waals surface area contributed by atoms with E-state index in [-0.39, 0.29) is 11.2 Å². The predicted octanol–water partition coefficient (Wildman–Crippen LogP) is 4.16. The summed E-state index contributed by atoms with van der Waals surface area (Å²) in [4.78, 5) is 6.88. The number of rotatable bonds is 5. The van der Waals surface area contributed by atoms with Crippen LogP contribution in [0.15, 0.2) is 60.8 Å². The molecular weight excluding hydrogens is 327 g/mol. The molecule has 4 rings (SSSR count). The van der Waals surface area contributed by atoms with Gasteiger partial charge in [-0.1, -0.05) is 36.4 Å². The van der Waals surface area contributed by atoms with E-state index in [4.69, 9.17) is 4.74 Å². The van der Waals surface area contributed by atoms with Crippen LogP contribution in [0.1, 0.15) is 17.5 Å². The first-order valence-electron chi connectivity index (χ1n) is 9.01. The summed E-state index contributed by atoms with van der Waals surface area (Å²) in [6.45, 7) is 3.11. The quantitative estimate of drug-likeness (QED) is 0.691. The molecule has 0 saturated carbocycles. The molecule has 1 unspecified atom stereocenters. The molecular formula is C22H23FN2O. The average molecular weight is 350 g/mol. The smallest absolute Gasteiger partial charge is 0.123 e. The Kier molecular flexibility index (Phi) is 4.70. The van der Waals surface area contributed by atoms with E-state index < -0.39 is 0 Å². The van der Waals surface area contributed by atoms with E-state index in [1.807, 2.05) is 24.4 Å². The van der Waals surface area contributed by atoms with Gasteiger partial charge in [-0.3, -0.25) is 4.98 Å². The summed E-state index contributed by atoms with van der Waals surface area (Å²) in [5, 5.41) is 1.16. The molecule has 0 spiro atoms. The number of ether oxygens (including phenoxy) is 1. The Morgan fingerprint density at radius 1 is 1.12 bits per heavy atom. The van der Waals surface area contributed by atoms with Crippen molar-refractivity contribution in [1.82, 2.24) is 9.88 Å². The minimum Gasteiger partial charge on any atom is -0.380 e. The van der Waals surface area contributed by atoms with Crippen LogP contribution in [-0.2, 0) is 16.7 Å². The first-order valence-corrected chi connectivity index (χ1v) is 9.01. The molecule has 2 heterocycles. The van der Waals surface area contributed by atoms with Gasteiger partial charge in [-0.15, -0.1) is 0 Å². The maximum absolute atomic E-state index is 13.3. The molecule has 3 nitrogen and oxygen atoms in total. The lowest BCUT2D eigenvalue weighted by atomic mass is 9.79. The van der Waals surface area contributed by atoms with Gasteiger partial charge in [-0.25, -0.2) is 4.39 Å². The van der Waals surface area contributed by atoms with Crippen molar-refractivity contribution >= 4 is 10.9 Å². The monoisotopic (exact) mass is 350 g/mol. The fraction of sp³-hybridized carbons (Fsp3) is 0.318. The Labute approximate surface area is 153 Å². The molecule has 2 aromatic carbocycles. The third-order valence-corrected chi connectivity index (χ3v) is 5.29. The topological polar surface area (TPSA) is 25.4 Å². The van der Waals surface area contributed by atoms with Gasteiger partial charge in [-0.05, 0) is 42.8 Å². The van der Waals surface area contributed by atoms with Gasteiger partial charge in [0.15, 0.2) is 0 Å². The van der Waals surface area contributed by atoms with Crippen LogP contribution >= 0.6 is 0 Å². The van der Waals surface area contributed by atoms with Crippen LogP contribution in [0.5, 0.6) is 0 Å². The maximum atomic E-state index is 13.3. The second kappa shape index (κ2) is 7.14. The number of para-hydroxylation sites is 1. The minimum atomic E-state index is -0.196. The lowest BCUT2D eigenvalue weighted by molar-refractivity contribution is 0.157. The fourth-order valence-electron chi connectivity index (χ4n) is 4.01. The molecule has 4 heteroatoms. The van der Waals surface area contributed by atoms with Crippen molar-refractivity contribution in [1.29, 1.82) is 0 Å².